The van der Waals surface area contributed by atoms with Gasteiger partial charge in [0.15, 0.2) is 11.0 Å². The summed E-state index contributed by atoms with van der Waals surface area (Å²) in [5.41, 5.74) is 1.52. The van der Waals surface area contributed by atoms with Crippen LogP contribution in [0.1, 0.15) is 18.0 Å². The lowest BCUT2D eigenvalue weighted by Gasteiger charge is -2.24. The van der Waals surface area contributed by atoms with Crippen molar-refractivity contribution in [1.29, 1.82) is 0 Å². The highest BCUT2D eigenvalue weighted by atomic mass is 32.2. The zero-order valence-electron chi connectivity index (χ0n) is 14.8. The van der Waals surface area contributed by atoms with Gasteiger partial charge in [0.1, 0.15) is 12.4 Å². The van der Waals surface area contributed by atoms with Crippen molar-refractivity contribution in [1.82, 2.24) is 4.90 Å². The number of anilines is 1. The van der Waals surface area contributed by atoms with Gasteiger partial charge < -0.3 is 14.7 Å². The van der Waals surface area contributed by atoms with Crippen LogP contribution < -0.4 is 9.04 Å². The fourth-order valence-electron chi connectivity index (χ4n) is 2.93. The molecule has 1 aliphatic rings. The number of carboxylic acids is 1. The molecule has 1 aliphatic heterocycles. The normalized spacial score (nSPS) is 18.8. The van der Waals surface area contributed by atoms with E-state index in [1.54, 1.807) is 10.4 Å². The van der Waals surface area contributed by atoms with E-state index in [2.05, 4.69) is 0 Å². The van der Waals surface area contributed by atoms with Crippen molar-refractivity contribution in [2.45, 2.75) is 17.4 Å². The molecule has 0 spiro atoms. The molecule has 0 aliphatic carbocycles. The molecule has 7 heteroatoms. The Morgan fingerprint density at radius 3 is 2.54 bits per heavy atom. The Kier molecular flexibility index (Phi) is 5.58. The number of rotatable bonds is 7. The fraction of sp³-hybridized carbons (Fsp3) is 0.316. The molecule has 0 bridgehead atoms. The van der Waals surface area contributed by atoms with Crippen LogP contribution in [-0.2, 0) is 15.8 Å². The average molecular weight is 374 g/mol. The third kappa shape index (κ3) is 3.89. The van der Waals surface area contributed by atoms with E-state index in [-0.39, 0.29) is 6.42 Å². The summed E-state index contributed by atoms with van der Waals surface area (Å²) in [6.45, 7) is 1.39. The molecule has 2 aromatic rings. The van der Waals surface area contributed by atoms with Crippen molar-refractivity contribution < 1.29 is 18.8 Å². The zero-order chi connectivity index (χ0) is 18.7. The second kappa shape index (κ2) is 7.88. The average Bonchev–Trinajstić information content (AvgIpc) is 2.87. The van der Waals surface area contributed by atoms with Crippen LogP contribution in [0, 0.1) is 0 Å². The summed E-state index contributed by atoms with van der Waals surface area (Å²) in [4.78, 5) is 14.0. The van der Waals surface area contributed by atoms with Gasteiger partial charge in [0, 0.05) is 6.54 Å². The summed E-state index contributed by atoms with van der Waals surface area (Å²) in [7, 11) is 2.53. The first kappa shape index (κ1) is 18.4. The highest BCUT2D eigenvalue weighted by molar-refractivity contribution is 7.87. The molecule has 26 heavy (non-hydrogen) atoms. The summed E-state index contributed by atoms with van der Waals surface area (Å²) in [5.74, 6) is -0.190. The van der Waals surface area contributed by atoms with Crippen molar-refractivity contribution in [3.63, 3.8) is 0 Å². The number of carbonyl (C=O) groups is 1. The monoisotopic (exact) mass is 374 g/mol. The van der Waals surface area contributed by atoms with E-state index in [0.717, 1.165) is 17.9 Å². The van der Waals surface area contributed by atoms with Gasteiger partial charge in [-0.15, -0.1) is 0 Å². The maximum absolute atomic E-state index is 12.9. The molecule has 0 saturated heterocycles. The zero-order valence-corrected chi connectivity index (χ0v) is 15.6. The first-order chi connectivity index (χ1) is 12.5. The first-order valence-electron chi connectivity index (χ1n) is 8.37. The van der Waals surface area contributed by atoms with E-state index in [4.69, 9.17) is 4.74 Å². The predicted octanol–water partition coefficient (Wildman–Crippen LogP) is 2.69. The van der Waals surface area contributed by atoms with Gasteiger partial charge in [-0.2, -0.15) is 0 Å². The summed E-state index contributed by atoms with van der Waals surface area (Å²) >= 11 is 0. The van der Waals surface area contributed by atoms with Crippen molar-refractivity contribution in [2.75, 3.05) is 31.6 Å². The summed E-state index contributed by atoms with van der Waals surface area (Å²) in [6.07, 6.45) is -0.107. The number of carboxylic acid groups (broad SMARTS) is 1. The summed E-state index contributed by atoms with van der Waals surface area (Å²) in [6, 6.07) is 14.1. The molecule has 0 radical (unpaired) electrons. The molecule has 0 fully saturated rings. The highest BCUT2D eigenvalue weighted by Crippen LogP contribution is 2.42. The van der Waals surface area contributed by atoms with E-state index in [1.807, 2.05) is 61.5 Å². The van der Waals surface area contributed by atoms with Gasteiger partial charge in [-0.1, -0.05) is 18.2 Å². The number of hydrogen-bond acceptors (Lipinski definition) is 4. The first-order valence-corrected chi connectivity index (χ1v) is 9.47. The molecular weight excluding hydrogens is 352 g/mol. The lowest BCUT2D eigenvalue weighted by atomic mass is 10.0. The second-order valence-corrected chi connectivity index (χ2v) is 7.70. The Balaban J connectivity index is 1.83. The van der Waals surface area contributed by atoms with Crippen molar-refractivity contribution in [3.05, 3.63) is 54.1 Å². The van der Waals surface area contributed by atoms with E-state index in [9.17, 15) is 14.1 Å². The van der Waals surface area contributed by atoms with Crippen LogP contribution in [-0.4, -0.2) is 47.4 Å². The number of nitrogens with zero attached hydrogens (tertiary/aromatic N) is 2. The predicted molar refractivity (Wildman–Crippen MR) is 101 cm³/mol. The van der Waals surface area contributed by atoms with E-state index in [0.29, 0.717) is 17.2 Å². The molecule has 0 amide bonds. The van der Waals surface area contributed by atoms with Crippen LogP contribution >= 0.6 is 0 Å². The van der Waals surface area contributed by atoms with Crippen LogP contribution in [0.4, 0.5) is 5.69 Å². The third-order valence-corrected chi connectivity index (χ3v) is 5.76. The van der Waals surface area contributed by atoms with Crippen LogP contribution in [0.5, 0.6) is 5.75 Å². The number of hydrogen-bond donors (Lipinski definition) is 1. The Morgan fingerprint density at radius 2 is 1.88 bits per heavy atom. The standard InChI is InChI=1S/C19H22N2O4S/c1-20(2)11-12-25-15-9-7-14(8-10-15)21-17(13-19(22)23)16-5-3-4-6-18(16)26(21)24/h3-10,17H,11-13H2,1-2H3,(H,22,23). The maximum Gasteiger partial charge on any atom is 0.305 e. The highest BCUT2D eigenvalue weighted by Gasteiger charge is 2.37. The minimum absolute atomic E-state index is 0.107. The molecule has 3 rings (SSSR count). The lowest BCUT2D eigenvalue weighted by molar-refractivity contribution is -0.137. The Labute approximate surface area is 155 Å². The second-order valence-electron chi connectivity index (χ2n) is 6.37. The number of ether oxygens (including phenoxy) is 1. The van der Waals surface area contributed by atoms with Gasteiger partial charge >= 0.3 is 5.97 Å². The Morgan fingerprint density at radius 1 is 1.19 bits per heavy atom. The minimum atomic E-state index is -1.43. The van der Waals surface area contributed by atoms with Gasteiger partial charge in [0.2, 0.25) is 0 Å². The van der Waals surface area contributed by atoms with Gasteiger partial charge in [0.25, 0.3) is 0 Å². The molecule has 2 unspecified atom stereocenters. The minimum Gasteiger partial charge on any atom is -0.492 e. The molecule has 2 atom stereocenters. The Bertz CT molecular complexity index is 807. The van der Waals surface area contributed by atoms with Gasteiger partial charge in [0.05, 0.1) is 23.0 Å². The molecule has 138 valence electrons. The fourth-order valence-corrected chi connectivity index (χ4v) is 4.48. The molecule has 2 aromatic carbocycles. The summed E-state index contributed by atoms with van der Waals surface area (Å²) in [5, 5.41) is 9.29. The summed E-state index contributed by atoms with van der Waals surface area (Å²) < 4.78 is 20.3. The van der Waals surface area contributed by atoms with Crippen LogP contribution in [0.3, 0.4) is 0 Å². The topological polar surface area (TPSA) is 70.1 Å². The third-order valence-electron chi connectivity index (χ3n) is 4.19. The van der Waals surface area contributed by atoms with Gasteiger partial charge in [-0.3, -0.25) is 9.10 Å². The maximum atomic E-state index is 12.9. The SMILES string of the molecule is CN(C)CCOc1ccc(N2C(CC(=O)O)c3ccccc3S2=O)cc1. The van der Waals surface area contributed by atoms with Gasteiger partial charge in [-0.25, -0.2) is 4.21 Å². The number of fused-ring (bicyclic) bond motifs is 1. The quantitative estimate of drug-likeness (QED) is 0.807. The van der Waals surface area contributed by atoms with E-state index >= 15 is 0 Å². The Hall–Kier alpha value is -2.38. The molecule has 1 N–H and O–H groups in total. The molecule has 6 nitrogen and oxygen atoms in total. The number of likely N-dealkylation sites (N-methyl/N-ethyl adjacent to an activating group) is 1. The van der Waals surface area contributed by atoms with Crippen LogP contribution in [0.25, 0.3) is 0 Å². The molecule has 1 heterocycles. The van der Waals surface area contributed by atoms with Crippen molar-refractivity contribution >= 4 is 22.6 Å². The van der Waals surface area contributed by atoms with Crippen molar-refractivity contribution in [3.8, 4) is 5.75 Å². The molecular formula is C19H22N2O4S. The number of aliphatic carboxylic acids is 1. The smallest absolute Gasteiger partial charge is 0.305 e. The number of benzene rings is 2. The van der Waals surface area contributed by atoms with Crippen LogP contribution in [0.15, 0.2) is 53.4 Å². The lowest BCUT2D eigenvalue weighted by Crippen LogP contribution is -2.25. The molecule has 0 aromatic heterocycles. The van der Waals surface area contributed by atoms with Crippen molar-refractivity contribution in [2.24, 2.45) is 0 Å². The largest absolute Gasteiger partial charge is 0.492 e. The van der Waals surface area contributed by atoms with E-state index < -0.39 is 23.0 Å². The van der Waals surface area contributed by atoms with Crippen LogP contribution in [0.2, 0.25) is 0 Å². The molecule has 0 saturated carbocycles. The van der Waals surface area contributed by atoms with Gasteiger partial charge in [-0.05, 0) is 50.0 Å². The van der Waals surface area contributed by atoms with E-state index in [1.165, 1.54) is 0 Å².